The van der Waals surface area contributed by atoms with Crippen LogP contribution >= 0.6 is 0 Å². The molecule has 3 amide bonds. The first-order chi connectivity index (χ1) is 11.6. The summed E-state index contributed by atoms with van der Waals surface area (Å²) >= 11 is 0. The first-order valence-corrected chi connectivity index (χ1v) is 8.87. The number of amides is 3. The lowest BCUT2D eigenvalue weighted by atomic mass is 9.93. The smallest absolute Gasteiger partial charge is 0.272 e. The second-order valence-corrected chi connectivity index (χ2v) is 7.60. The number of hydrogen-bond acceptors (Lipinski definition) is 5. The fourth-order valence-electron chi connectivity index (χ4n) is 3.06. The standard InChI is InChI=1S/C17H31N3O5/c1-5-6-8-11(13(21)15(23)19-25)16(24)20-10-7-9-12(20)14(22)18-17(2,3)4/h11-13,21,25H,5-10H2,1-4H3,(H,18,22)(H,19,23)/t11-,12+,13+/m1/s1. The quantitative estimate of drug-likeness (QED) is 0.392. The van der Waals surface area contributed by atoms with Crippen molar-refractivity contribution in [3.05, 3.63) is 0 Å². The van der Waals surface area contributed by atoms with Crippen LogP contribution in [0.5, 0.6) is 0 Å². The third kappa shape index (κ3) is 5.97. The number of nitrogens with zero attached hydrogens (tertiary/aromatic N) is 1. The van der Waals surface area contributed by atoms with Crippen LogP contribution in [0.4, 0.5) is 0 Å². The minimum atomic E-state index is -1.64. The Morgan fingerprint density at radius 2 is 1.92 bits per heavy atom. The van der Waals surface area contributed by atoms with E-state index in [0.717, 1.165) is 6.42 Å². The van der Waals surface area contributed by atoms with Crippen molar-refractivity contribution in [3.63, 3.8) is 0 Å². The molecule has 0 radical (unpaired) electrons. The van der Waals surface area contributed by atoms with E-state index in [0.29, 0.717) is 32.2 Å². The molecule has 0 aromatic rings. The highest BCUT2D eigenvalue weighted by Crippen LogP contribution is 2.25. The molecule has 0 saturated carbocycles. The van der Waals surface area contributed by atoms with Gasteiger partial charge in [0.15, 0.2) is 0 Å². The van der Waals surface area contributed by atoms with Crippen molar-refractivity contribution in [2.75, 3.05) is 6.54 Å². The maximum absolute atomic E-state index is 12.9. The van der Waals surface area contributed by atoms with Gasteiger partial charge in [-0.25, -0.2) is 5.48 Å². The molecule has 0 unspecified atom stereocenters. The van der Waals surface area contributed by atoms with E-state index in [9.17, 15) is 19.5 Å². The van der Waals surface area contributed by atoms with Crippen LogP contribution in [0, 0.1) is 5.92 Å². The molecule has 8 nitrogen and oxygen atoms in total. The minimum absolute atomic E-state index is 0.228. The van der Waals surface area contributed by atoms with E-state index < -0.39 is 35.4 Å². The minimum Gasteiger partial charge on any atom is -0.382 e. The number of unbranched alkanes of at least 4 members (excludes halogenated alkanes) is 1. The van der Waals surface area contributed by atoms with E-state index in [-0.39, 0.29) is 5.91 Å². The molecule has 0 aromatic carbocycles. The Kier molecular flexibility index (Phi) is 7.82. The van der Waals surface area contributed by atoms with Gasteiger partial charge in [0.1, 0.15) is 12.1 Å². The highest BCUT2D eigenvalue weighted by atomic mass is 16.5. The van der Waals surface area contributed by atoms with Gasteiger partial charge in [-0.15, -0.1) is 0 Å². The van der Waals surface area contributed by atoms with Crippen molar-refractivity contribution in [1.82, 2.24) is 15.7 Å². The van der Waals surface area contributed by atoms with Crippen molar-refractivity contribution in [2.24, 2.45) is 5.92 Å². The van der Waals surface area contributed by atoms with Gasteiger partial charge < -0.3 is 15.3 Å². The predicted molar refractivity (Wildman–Crippen MR) is 91.6 cm³/mol. The van der Waals surface area contributed by atoms with Crippen LogP contribution in [0.3, 0.4) is 0 Å². The van der Waals surface area contributed by atoms with Gasteiger partial charge >= 0.3 is 0 Å². The largest absolute Gasteiger partial charge is 0.382 e. The number of aliphatic hydroxyl groups excluding tert-OH is 1. The van der Waals surface area contributed by atoms with Gasteiger partial charge in [-0.2, -0.15) is 0 Å². The number of hydrogen-bond donors (Lipinski definition) is 4. The molecule has 1 aliphatic heterocycles. The second-order valence-electron chi connectivity index (χ2n) is 7.60. The van der Waals surface area contributed by atoms with Gasteiger partial charge in [-0.3, -0.25) is 19.6 Å². The van der Waals surface area contributed by atoms with Gasteiger partial charge in [0.05, 0.1) is 5.92 Å². The predicted octanol–water partition coefficient (Wildman–Crippen LogP) is 0.565. The van der Waals surface area contributed by atoms with Crippen molar-refractivity contribution in [3.8, 4) is 0 Å². The number of nitrogens with one attached hydrogen (secondary N) is 2. The van der Waals surface area contributed by atoms with Gasteiger partial charge in [-0.1, -0.05) is 19.8 Å². The number of rotatable bonds is 7. The number of likely N-dealkylation sites (tertiary alicyclic amines) is 1. The maximum atomic E-state index is 12.9. The van der Waals surface area contributed by atoms with Gasteiger partial charge in [0, 0.05) is 12.1 Å². The van der Waals surface area contributed by atoms with E-state index in [1.54, 1.807) is 0 Å². The summed E-state index contributed by atoms with van der Waals surface area (Å²) in [6, 6.07) is -0.597. The third-order valence-corrected chi connectivity index (χ3v) is 4.28. The fraction of sp³-hybridized carbons (Fsp3) is 0.824. The highest BCUT2D eigenvalue weighted by molar-refractivity contribution is 5.92. The van der Waals surface area contributed by atoms with E-state index in [2.05, 4.69) is 5.32 Å². The zero-order chi connectivity index (χ0) is 19.2. The second kappa shape index (κ2) is 9.15. The van der Waals surface area contributed by atoms with E-state index >= 15 is 0 Å². The Labute approximate surface area is 148 Å². The van der Waals surface area contributed by atoms with E-state index in [1.165, 1.54) is 10.4 Å². The summed E-state index contributed by atoms with van der Waals surface area (Å²) in [6.45, 7) is 7.95. The topological polar surface area (TPSA) is 119 Å². The normalized spacial score (nSPS) is 20.1. The molecule has 1 rings (SSSR count). The Bertz CT molecular complexity index is 489. The molecule has 25 heavy (non-hydrogen) atoms. The molecule has 3 atom stereocenters. The summed E-state index contributed by atoms with van der Waals surface area (Å²) in [6.07, 6.45) is 1.36. The summed E-state index contributed by atoms with van der Waals surface area (Å²) in [4.78, 5) is 38.4. The molecule has 1 heterocycles. The van der Waals surface area contributed by atoms with Crippen LogP contribution in [0.2, 0.25) is 0 Å². The number of aliphatic hydroxyl groups is 1. The SMILES string of the molecule is CCCC[C@@H](C(=O)N1CCC[C@H]1C(=O)NC(C)(C)C)[C@H](O)C(=O)NO. The molecule has 0 spiro atoms. The molecule has 1 aliphatic rings. The molecule has 0 bridgehead atoms. The summed E-state index contributed by atoms with van der Waals surface area (Å²) in [5, 5.41) is 21.7. The van der Waals surface area contributed by atoms with Crippen molar-refractivity contribution < 1.29 is 24.7 Å². The molecule has 8 heteroatoms. The van der Waals surface area contributed by atoms with E-state index in [4.69, 9.17) is 5.21 Å². The van der Waals surface area contributed by atoms with Crippen LogP contribution < -0.4 is 10.8 Å². The first-order valence-electron chi connectivity index (χ1n) is 8.87. The number of carbonyl (C=O) groups excluding carboxylic acids is 3. The van der Waals surface area contributed by atoms with Crippen LogP contribution in [0.1, 0.15) is 59.8 Å². The molecule has 1 saturated heterocycles. The zero-order valence-electron chi connectivity index (χ0n) is 15.5. The Balaban J connectivity index is 2.93. The van der Waals surface area contributed by atoms with Crippen molar-refractivity contribution >= 4 is 17.7 Å². The first kappa shape index (κ1) is 21.4. The lowest BCUT2D eigenvalue weighted by Crippen LogP contribution is -2.54. The molecule has 0 aliphatic carbocycles. The third-order valence-electron chi connectivity index (χ3n) is 4.28. The van der Waals surface area contributed by atoms with Crippen molar-refractivity contribution in [1.29, 1.82) is 0 Å². The molecule has 1 fully saturated rings. The van der Waals surface area contributed by atoms with E-state index in [1.807, 2.05) is 27.7 Å². The molecular formula is C17H31N3O5. The molecule has 144 valence electrons. The van der Waals surface area contributed by atoms with Gasteiger partial charge in [-0.05, 0) is 40.0 Å². The van der Waals surface area contributed by atoms with Gasteiger partial charge in [0.25, 0.3) is 5.91 Å². The van der Waals surface area contributed by atoms with Crippen molar-refractivity contribution in [2.45, 2.75) is 77.5 Å². The average molecular weight is 357 g/mol. The van der Waals surface area contributed by atoms with Crippen LogP contribution in [0.15, 0.2) is 0 Å². The Morgan fingerprint density at radius 3 is 2.44 bits per heavy atom. The summed E-state index contributed by atoms with van der Waals surface area (Å²) in [5.74, 6) is -2.63. The number of carbonyl (C=O) groups is 3. The summed E-state index contributed by atoms with van der Waals surface area (Å²) in [5.41, 5.74) is 0.983. The Hall–Kier alpha value is -1.67. The Morgan fingerprint density at radius 1 is 1.28 bits per heavy atom. The summed E-state index contributed by atoms with van der Waals surface area (Å²) in [7, 11) is 0. The van der Waals surface area contributed by atoms with Crippen LogP contribution in [-0.4, -0.2) is 57.2 Å². The molecule has 4 N–H and O–H groups in total. The monoisotopic (exact) mass is 357 g/mol. The lowest BCUT2D eigenvalue weighted by molar-refractivity contribution is -0.152. The fourth-order valence-corrected chi connectivity index (χ4v) is 3.06. The zero-order valence-corrected chi connectivity index (χ0v) is 15.5. The molecular weight excluding hydrogens is 326 g/mol. The average Bonchev–Trinajstić information content (AvgIpc) is 3.02. The van der Waals surface area contributed by atoms with Crippen LogP contribution in [-0.2, 0) is 14.4 Å². The lowest BCUT2D eigenvalue weighted by Gasteiger charge is -2.31. The maximum Gasteiger partial charge on any atom is 0.272 e. The van der Waals surface area contributed by atoms with Gasteiger partial charge in [0.2, 0.25) is 11.8 Å². The number of hydroxylamine groups is 1. The summed E-state index contributed by atoms with van der Waals surface area (Å²) < 4.78 is 0. The van der Waals surface area contributed by atoms with Crippen LogP contribution in [0.25, 0.3) is 0 Å². The highest BCUT2D eigenvalue weighted by Gasteiger charge is 2.41. The molecule has 0 aromatic heterocycles.